The average Bonchev–Trinajstić information content (AvgIpc) is 3.21. The molecule has 1 aliphatic heterocycles. The Hall–Kier alpha value is -1.44. The van der Waals surface area contributed by atoms with Crippen LogP contribution in [0.5, 0.6) is 0 Å². The summed E-state index contributed by atoms with van der Waals surface area (Å²) in [6.07, 6.45) is 4.06. The number of aliphatic imine (C=N–C) groups is 1. The smallest absolute Gasteiger partial charge is 0.191 e. The van der Waals surface area contributed by atoms with Crippen LogP contribution in [0.3, 0.4) is 0 Å². The summed E-state index contributed by atoms with van der Waals surface area (Å²) in [5, 5.41) is 10.2. The molecule has 0 aromatic carbocycles. The third-order valence-corrected chi connectivity index (χ3v) is 6.13. The number of nitrogens with zero attached hydrogens (tertiary/aromatic N) is 3. The minimum absolute atomic E-state index is 0.856. The van der Waals surface area contributed by atoms with E-state index in [1.165, 1.54) is 21.9 Å². The van der Waals surface area contributed by atoms with Gasteiger partial charge in [0.15, 0.2) is 5.96 Å². The average molecular weight is 364 g/mol. The van der Waals surface area contributed by atoms with Crippen molar-refractivity contribution < 1.29 is 0 Å². The Kier molecular flexibility index (Phi) is 6.23. The van der Waals surface area contributed by atoms with Gasteiger partial charge >= 0.3 is 0 Å². The second-order valence-electron chi connectivity index (χ2n) is 5.94. The molecule has 7 heteroatoms. The van der Waals surface area contributed by atoms with Crippen molar-refractivity contribution in [2.24, 2.45) is 4.99 Å². The SMILES string of the molecule is CN=C(NCCc1ncc(C)s1)NCCN1CCc2sccc2C1. The van der Waals surface area contributed by atoms with E-state index in [0.29, 0.717) is 0 Å². The number of fused-ring (bicyclic) bond motifs is 1. The minimum Gasteiger partial charge on any atom is -0.356 e. The minimum atomic E-state index is 0.856. The van der Waals surface area contributed by atoms with E-state index in [1.807, 2.05) is 24.6 Å². The summed E-state index contributed by atoms with van der Waals surface area (Å²) in [5.41, 5.74) is 1.51. The van der Waals surface area contributed by atoms with Gasteiger partial charge in [0.1, 0.15) is 0 Å². The number of guanidine groups is 1. The van der Waals surface area contributed by atoms with Crippen LogP contribution in [-0.4, -0.2) is 49.1 Å². The predicted octanol–water partition coefficient (Wildman–Crippen LogP) is 2.28. The number of nitrogens with one attached hydrogen (secondary N) is 2. The van der Waals surface area contributed by atoms with E-state index in [9.17, 15) is 0 Å². The first kappa shape index (κ1) is 17.4. The molecule has 130 valence electrons. The Labute approximate surface area is 151 Å². The van der Waals surface area contributed by atoms with Crippen molar-refractivity contribution in [3.63, 3.8) is 0 Å². The highest BCUT2D eigenvalue weighted by Gasteiger charge is 2.16. The monoisotopic (exact) mass is 363 g/mol. The maximum absolute atomic E-state index is 4.39. The maximum Gasteiger partial charge on any atom is 0.191 e. The van der Waals surface area contributed by atoms with Crippen molar-refractivity contribution in [1.82, 2.24) is 20.5 Å². The lowest BCUT2D eigenvalue weighted by molar-refractivity contribution is 0.260. The highest BCUT2D eigenvalue weighted by atomic mass is 32.1. The molecule has 0 amide bonds. The largest absolute Gasteiger partial charge is 0.356 e. The molecule has 2 aromatic rings. The number of rotatable bonds is 6. The topological polar surface area (TPSA) is 52.6 Å². The van der Waals surface area contributed by atoms with Gasteiger partial charge in [0.05, 0.1) is 5.01 Å². The quantitative estimate of drug-likeness (QED) is 0.611. The van der Waals surface area contributed by atoms with Crippen LogP contribution >= 0.6 is 22.7 Å². The van der Waals surface area contributed by atoms with Crippen molar-refractivity contribution in [2.45, 2.75) is 26.3 Å². The predicted molar refractivity (Wildman–Crippen MR) is 103 cm³/mol. The van der Waals surface area contributed by atoms with Gasteiger partial charge in [-0.15, -0.1) is 22.7 Å². The Morgan fingerprint density at radius 1 is 1.38 bits per heavy atom. The van der Waals surface area contributed by atoms with Crippen molar-refractivity contribution in [2.75, 3.05) is 33.2 Å². The molecule has 0 aliphatic carbocycles. The summed E-state index contributed by atoms with van der Waals surface area (Å²) in [5.74, 6) is 0.872. The third kappa shape index (κ3) is 4.78. The molecular formula is C17H25N5S2. The van der Waals surface area contributed by atoms with Gasteiger partial charge in [-0.25, -0.2) is 4.98 Å². The maximum atomic E-state index is 4.39. The molecule has 0 saturated heterocycles. The molecule has 2 N–H and O–H groups in total. The Morgan fingerprint density at radius 2 is 2.25 bits per heavy atom. The van der Waals surface area contributed by atoms with E-state index in [2.05, 4.69) is 43.9 Å². The molecular weight excluding hydrogens is 338 g/mol. The lowest BCUT2D eigenvalue weighted by Crippen LogP contribution is -2.43. The number of hydrogen-bond acceptors (Lipinski definition) is 5. The van der Waals surface area contributed by atoms with Crippen LogP contribution in [0.25, 0.3) is 0 Å². The first-order chi connectivity index (χ1) is 11.7. The van der Waals surface area contributed by atoms with Gasteiger partial charge in [-0.1, -0.05) is 0 Å². The Bertz CT molecular complexity index is 676. The zero-order chi connectivity index (χ0) is 16.8. The lowest BCUT2D eigenvalue weighted by Gasteiger charge is -2.27. The molecule has 24 heavy (non-hydrogen) atoms. The summed E-state index contributed by atoms with van der Waals surface area (Å²) in [7, 11) is 1.82. The van der Waals surface area contributed by atoms with E-state index in [1.54, 1.807) is 16.2 Å². The van der Waals surface area contributed by atoms with E-state index in [4.69, 9.17) is 0 Å². The van der Waals surface area contributed by atoms with Gasteiger partial charge in [-0.3, -0.25) is 9.89 Å². The number of thiophene rings is 1. The molecule has 2 aromatic heterocycles. The van der Waals surface area contributed by atoms with Crippen LogP contribution < -0.4 is 10.6 Å². The van der Waals surface area contributed by atoms with Gasteiger partial charge in [-0.05, 0) is 30.4 Å². The van der Waals surface area contributed by atoms with Crippen molar-refractivity contribution in [3.8, 4) is 0 Å². The fraction of sp³-hybridized carbons (Fsp3) is 0.529. The fourth-order valence-corrected chi connectivity index (χ4v) is 4.53. The van der Waals surface area contributed by atoms with Crippen molar-refractivity contribution in [1.29, 1.82) is 0 Å². The zero-order valence-electron chi connectivity index (χ0n) is 14.3. The highest BCUT2D eigenvalue weighted by molar-refractivity contribution is 7.11. The van der Waals surface area contributed by atoms with Gasteiger partial charge in [0, 0.05) is 62.1 Å². The normalized spacial score (nSPS) is 15.3. The summed E-state index contributed by atoms with van der Waals surface area (Å²) in [6, 6.07) is 2.26. The van der Waals surface area contributed by atoms with Gasteiger partial charge < -0.3 is 10.6 Å². The zero-order valence-corrected chi connectivity index (χ0v) is 16.0. The number of thiazole rings is 1. The Balaban J connectivity index is 1.34. The Morgan fingerprint density at radius 3 is 3.04 bits per heavy atom. The van der Waals surface area contributed by atoms with Crippen LogP contribution in [-0.2, 0) is 19.4 Å². The van der Waals surface area contributed by atoms with Gasteiger partial charge in [0.25, 0.3) is 0 Å². The van der Waals surface area contributed by atoms with Crippen LogP contribution in [0, 0.1) is 6.92 Å². The third-order valence-electron chi connectivity index (χ3n) is 4.13. The molecule has 0 fully saturated rings. The summed E-state index contributed by atoms with van der Waals surface area (Å²) in [4.78, 5) is 14.0. The number of aromatic nitrogens is 1. The van der Waals surface area contributed by atoms with Crippen LogP contribution in [0.2, 0.25) is 0 Å². The summed E-state index contributed by atoms with van der Waals surface area (Å²) in [6.45, 7) is 7.14. The summed E-state index contributed by atoms with van der Waals surface area (Å²) < 4.78 is 0. The van der Waals surface area contributed by atoms with E-state index >= 15 is 0 Å². The molecule has 3 rings (SSSR count). The number of hydrogen-bond donors (Lipinski definition) is 2. The fourth-order valence-electron chi connectivity index (χ4n) is 2.86. The molecule has 5 nitrogen and oxygen atoms in total. The second-order valence-corrected chi connectivity index (χ2v) is 8.26. The molecule has 3 heterocycles. The van der Waals surface area contributed by atoms with Crippen LogP contribution in [0.1, 0.15) is 20.3 Å². The van der Waals surface area contributed by atoms with Crippen molar-refractivity contribution in [3.05, 3.63) is 38.0 Å². The summed E-state index contributed by atoms with van der Waals surface area (Å²) >= 11 is 3.65. The van der Waals surface area contributed by atoms with Crippen LogP contribution in [0.4, 0.5) is 0 Å². The molecule has 1 aliphatic rings. The van der Waals surface area contributed by atoms with Crippen molar-refractivity contribution >= 4 is 28.6 Å². The van der Waals surface area contributed by atoms with E-state index in [-0.39, 0.29) is 0 Å². The molecule has 0 unspecified atom stereocenters. The van der Waals surface area contributed by atoms with E-state index in [0.717, 1.165) is 45.1 Å². The molecule has 0 saturated carbocycles. The van der Waals surface area contributed by atoms with Gasteiger partial charge in [-0.2, -0.15) is 0 Å². The van der Waals surface area contributed by atoms with Gasteiger partial charge in [0.2, 0.25) is 0 Å². The highest BCUT2D eigenvalue weighted by Crippen LogP contribution is 2.23. The van der Waals surface area contributed by atoms with Crippen LogP contribution in [0.15, 0.2) is 22.6 Å². The first-order valence-electron chi connectivity index (χ1n) is 8.38. The van der Waals surface area contributed by atoms with E-state index < -0.39 is 0 Å². The number of aryl methyl sites for hydroxylation is 1. The first-order valence-corrected chi connectivity index (χ1v) is 10.1. The molecule has 0 bridgehead atoms. The molecule has 0 radical (unpaired) electrons. The second kappa shape index (κ2) is 8.60. The lowest BCUT2D eigenvalue weighted by atomic mass is 10.1. The molecule has 0 atom stereocenters. The molecule has 0 spiro atoms. The standard InChI is InChI=1S/C17H25N5S2/c1-13-11-21-16(24-13)3-6-19-17(18-2)20-7-9-22-8-4-15-14(12-22)5-10-23-15/h5,10-11H,3-4,6-9,12H2,1-2H3,(H2,18,19,20).